The Morgan fingerprint density at radius 1 is 1.53 bits per heavy atom. The number of aryl methyl sites for hydroxylation is 2. The number of hydrogen-bond acceptors (Lipinski definition) is 3. The van der Waals surface area contributed by atoms with E-state index in [-0.39, 0.29) is 18.3 Å². The van der Waals surface area contributed by atoms with Crippen molar-refractivity contribution in [2.24, 2.45) is 7.05 Å². The van der Waals surface area contributed by atoms with Crippen LogP contribution in [0.5, 0.6) is 0 Å². The summed E-state index contributed by atoms with van der Waals surface area (Å²) in [7, 11) is 1.86. The van der Waals surface area contributed by atoms with Crippen LogP contribution in [-0.2, 0) is 7.05 Å². The highest BCUT2D eigenvalue weighted by atomic mass is 35.5. The molecule has 0 bridgehead atoms. The number of halogens is 1. The summed E-state index contributed by atoms with van der Waals surface area (Å²) in [5, 5.41) is 10.5. The molecular formula is C13H21ClN4O. The zero-order chi connectivity index (χ0) is 13.1. The highest BCUT2D eigenvalue weighted by Crippen LogP contribution is 2.12. The van der Waals surface area contributed by atoms with Crippen molar-refractivity contribution in [2.45, 2.75) is 20.3 Å². The number of carbonyl (C=O) groups is 1. The van der Waals surface area contributed by atoms with E-state index < -0.39 is 0 Å². The first-order valence-electron chi connectivity index (χ1n) is 6.26. The van der Waals surface area contributed by atoms with Crippen LogP contribution >= 0.6 is 12.4 Å². The molecule has 0 atom stereocenters. The maximum atomic E-state index is 12.1. The molecule has 1 aliphatic rings. The maximum Gasteiger partial charge on any atom is 0.255 e. The van der Waals surface area contributed by atoms with E-state index in [9.17, 15) is 4.79 Å². The predicted octanol–water partition coefficient (Wildman–Crippen LogP) is 1.11. The van der Waals surface area contributed by atoms with Gasteiger partial charge in [-0.05, 0) is 26.8 Å². The van der Waals surface area contributed by atoms with Gasteiger partial charge in [0.25, 0.3) is 5.91 Å². The van der Waals surface area contributed by atoms with Gasteiger partial charge in [-0.25, -0.2) is 0 Å². The fourth-order valence-electron chi connectivity index (χ4n) is 2.21. The first-order chi connectivity index (χ1) is 8.59. The van der Waals surface area contributed by atoms with Crippen molar-refractivity contribution in [1.29, 1.82) is 0 Å². The lowest BCUT2D eigenvalue weighted by Gasteiger charge is -2.14. The lowest BCUT2D eigenvalue weighted by molar-refractivity contribution is 0.0955. The van der Waals surface area contributed by atoms with Crippen molar-refractivity contribution in [1.82, 2.24) is 20.4 Å². The second kappa shape index (κ2) is 6.73. The molecule has 0 fully saturated rings. The van der Waals surface area contributed by atoms with E-state index in [1.54, 1.807) is 4.68 Å². The number of nitrogens with zero attached hydrogens (tertiary/aromatic N) is 2. The molecule has 0 saturated carbocycles. The number of hydrogen-bond donors (Lipinski definition) is 2. The monoisotopic (exact) mass is 284 g/mol. The first kappa shape index (κ1) is 15.7. The Kier molecular flexibility index (Phi) is 5.57. The topological polar surface area (TPSA) is 59.0 Å². The van der Waals surface area contributed by atoms with Crippen LogP contribution < -0.4 is 10.6 Å². The number of aromatic nitrogens is 2. The van der Waals surface area contributed by atoms with Gasteiger partial charge in [0.15, 0.2) is 0 Å². The highest BCUT2D eigenvalue weighted by molar-refractivity contribution is 5.96. The molecule has 1 aromatic heterocycles. The smallest absolute Gasteiger partial charge is 0.255 e. The average molecular weight is 285 g/mol. The number of rotatable bonds is 3. The minimum absolute atomic E-state index is 0. The largest absolute Gasteiger partial charge is 0.348 e. The van der Waals surface area contributed by atoms with E-state index in [0.29, 0.717) is 12.1 Å². The zero-order valence-corrected chi connectivity index (χ0v) is 12.4. The molecule has 0 unspecified atom stereocenters. The number of amides is 1. The van der Waals surface area contributed by atoms with Crippen LogP contribution in [0.15, 0.2) is 11.6 Å². The van der Waals surface area contributed by atoms with Gasteiger partial charge in [0.1, 0.15) is 0 Å². The maximum absolute atomic E-state index is 12.1. The molecule has 19 heavy (non-hydrogen) atoms. The Morgan fingerprint density at radius 3 is 2.79 bits per heavy atom. The SMILES string of the molecule is Cc1nn(C)c(C)c1C(=O)NCC1=CCNCC1.Cl. The van der Waals surface area contributed by atoms with Crippen LogP contribution in [0.2, 0.25) is 0 Å². The third-order valence-electron chi connectivity index (χ3n) is 3.37. The molecule has 0 aliphatic carbocycles. The van der Waals surface area contributed by atoms with Crippen LogP contribution in [0.25, 0.3) is 0 Å². The highest BCUT2D eigenvalue weighted by Gasteiger charge is 2.17. The summed E-state index contributed by atoms with van der Waals surface area (Å²) in [5.74, 6) is -0.0301. The molecule has 106 valence electrons. The van der Waals surface area contributed by atoms with Gasteiger partial charge in [-0.1, -0.05) is 11.6 Å². The van der Waals surface area contributed by atoms with Crippen molar-refractivity contribution in [3.63, 3.8) is 0 Å². The Bertz CT molecular complexity index is 493. The standard InChI is InChI=1S/C13H20N4O.ClH/c1-9-12(10(2)17(3)16-9)13(18)15-8-11-4-6-14-7-5-11;/h4,14H,5-8H2,1-3H3,(H,15,18);1H. The van der Waals surface area contributed by atoms with Gasteiger partial charge in [-0.15, -0.1) is 12.4 Å². The molecular weight excluding hydrogens is 264 g/mol. The van der Waals surface area contributed by atoms with Crippen molar-refractivity contribution in [2.75, 3.05) is 19.6 Å². The van der Waals surface area contributed by atoms with E-state index >= 15 is 0 Å². The number of nitrogens with one attached hydrogen (secondary N) is 2. The van der Waals surface area contributed by atoms with Crippen LogP contribution in [0.3, 0.4) is 0 Å². The Morgan fingerprint density at radius 2 is 2.26 bits per heavy atom. The molecule has 2 rings (SSSR count). The first-order valence-corrected chi connectivity index (χ1v) is 6.26. The average Bonchev–Trinajstić information content (AvgIpc) is 2.62. The quantitative estimate of drug-likeness (QED) is 0.818. The fraction of sp³-hybridized carbons (Fsp3) is 0.538. The molecule has 0 spiro atoms. The van der Waals surface area contributed by atoms with E-state index in [1.807, 2.05) is 20.9 Å². The molecule has 0 aromatic carbocycles. The van der Waals surface area contributed by atoms with Gasteiger partial charge in [0.2, 0.25) is 0 Å². The summed E-state index contributed by atoms with van der Waals surface area (Å²) in [6, 6.07) is 0. The summed E-state index contributed by atoms with van der Waals surface area (Å²) < 4.78 is 1.74. The summed E-state index contributed by atoms with van der Waals surface area (Å²) in [5.41, 5.74) is 3.68. The lowest BCUT2D eigenvalue weighted by atomic mass is 10.1. The third-order valence-corrected chi connectivity index (χ3v) is 3.37. The molecule has 6 heteroatoms. The Hall–Kier alpha value is -1.33. The normalized spacial score (nSPS) is 14.6. The summed E-state index contributed by atoms with van der Waals surface area (Å²) in [6.45, 7) is 6.31. The summed E-state index contributed by atoms with van der Waals surface area (Å²) in [6.07, 6.45) is 3.15. The second-order valence-electron chi connectivity index (χ2n) is 4.67. The minimum Gasteiger partial charge on any atom is -0.348 e. The molecule has 5 nitrogen and oxygen atoms in total. The van der Waals surface area contributed by atoms with Crippen LogP contribution in [0.1, 0.15) is 28.2 Å². The van der Waals surface area contributed by atoms with Crippen molar-refractivity contribution in [3.05, 3.63) is 28.6 Å². The molecule has 1 aliphatic heterocycles. The molecule has 1 aromatic rings. The molecule has 0 radical (unpaired) electrons. The number of carbonyl (C=O) groups excluding carboxylic acids is 1. The van der Waals surface area contributed by atoms with Gasteiger partial charge >= 0.3 is 0 Å². The molecule has 2 heterocycles. The van der Waals surface area contributed by atoms with E-state index in [0.717, 1.165) is 30.9 Å². The van der Waals surface area contributed by atoms with Gasteiger partial charge in [0.05, 0.1) is 11.3 Å². The van der Waals surface area contributed by atoms with Crippen molar-refractivity contribution >= 4 is 18.3 Å². The predicted molar refractivity (Wildman–Crippen MR) is 77.8 cm³/mol. The summed E-state index contributed by atoms with van der Waals surface area (Å²) >= 11 is 0. The molecule has 2 N–H and O–H groups in total. The van der Waals surface area contributed by atoms with Crippen molar-refractivity contribution < 1.29 is 4.79 Å². The zero-order valence-electron chi connectivity index (χ0n) is 11.6. The fourth-order valence-corrected chi connectivity index (χ4v) is 2.21. The van der Waals surface area contributed by atoms with Crippen LogP contribution in [-0.4, -0.2) is 35.3 Å². The van der Waals surface area contributed by atoms with Crippen molar-refractivity contribution in [3.8, 4) is 0 Å². The Balaban J connectivity index is 0.00000180. The van der Waals surface area contributed by atoms with Gasteiger partial charge < -0.3 is 10.6 Å². The molecule has 1 amide bonds. The van der Waals surface area contributed by atoms with Gasteiger partial charge in [0, 0.05) is 25.8 Å². The second-order valence-corrected chi connectivity index (χ2v) is 4.67. The summed E-state index contributed by atoms with van der Waals surface area (Å²) in [4.78, 5) is 12.1. The van der Waals surface area contributed by atoms with Gasteiger partial charge in [-0.3, -0.25) is 9.48 Å². The Labute approximate surface area is 119 Å². The minimum atomic E-state index is -0.0301. The molecule has 0 saturated heterocycles. The lowest BCUT2D eigenvalue weighted by Crippen LogP contribution is -2.30. The third kappa shape index (κ3) is 3.58. The van der Waals surface area contributed by atoms with Gasteiger partial charge in [-0.2, -0.15) is 5.10 Å². The van der Waals surface area contributed by atoms with E-state index in [4.69, 9.17) is 0 Å². The van der Waals surface area contributed by atoms with E-state index in [1.165, 1.54) is 5.57 Å². The van der Waals surface area contributed by atoms with Crippen LogP contribution in [0, 0.1) is 13.8 Å². The van der Waals surface area contributed by atoms with E-state index in [2.05, 4.69) is 21.8 Å². The van der Waals surface area contributed by atoms with Crippen LogP contribution in [0.4, 0.5) is 0 Å².